The maximum atomic E-state index is 11.3. The number of likely N-dealkylation sites (tertiary alicyclic amines) is 1. The van der Waals surface area contributed by atoms with Crippen LogP contribution in [-0.4, -0.2) is 45.2 Å². The Morgan fingerprint density at radius 2 is 2.10 bits per heavy atom. The van der Waals surface area contributed by atoms with Crippen molar-refractivity contribution in [3.63, 3.8) is 0 Å². The lowest BCUT2D eigenvalue weighted by atomic mass is 10.2. The van der Waals surface area contributed by atoms with E-state index in [1.807, 2.05) is 13.0 Å². The van der Waals surface area contributed by atoms with Crippen molar-refractivity contribution in [3.8, 4) is 0 Å². The van der Waals surface area contributed by atoms with Crippen LogP contribution >= 0.6 is 0 Å². The molecule has 1 aromatic carbocycles. The van der Waals surface area contributed by atoms with Crippen LogP contribution in [0.3, 0.4) is 0 Å². The summed E-state index contributed by atoms with van der Waals surface area (Å²) >= 11 is 0. The first kappa shape index (κ1) is 14.1. The number of carboxylic acid groups (broad SMARTS) is 1. The minimum Gasteiger partial charge on any atom is -0.478 e. The quantitative estimate of drug-likeness (QED) is 0.939. The van der Waals surface area contributed by atoms with Crippen LogP contribution in [0, 0.1) is 6.92 Å². The van der Waals surface area contributed by atoms with E-state index in [-0.39, 0.29) is 11.6 Å². The summed E-state index contributed by atoms with van der Waals surface area (Å²) in [4.78, 5) is 18.3. The Kier molecular flexibility index (Phi) is 3.68. The summed E-state index contributed by atoms with van der Waals surface area (Å²) in [5.41, 5.74) is 1.79. The molecule has 21 heavy (non-hydrogen) atoms. The third kappa shape index (κ3) is 2.53. The van der Waals surface area contributed by atoms with Crippen LogP contribution in [-0.2, 0) is 0 Å². The molecule has 5 heteroatoms. The van der Waals surface area contributed by atoms with Crippen LogP contribution in [0.1, 0.15) is 42.0 Å². The molecule has 0 radical (unpaired) electrons. The second kappa shape index (κ2) is 5.48. The zero-order valence-corrected chi connectivity index (χ0v) is 12.5. The van der Waals surface area contributed by atoms with Crippen molar-refractivity contribution < 1.29 is 9.90 Å². The Bertz CT molecular complexity index is 671. The number of rotatable bonds is 4. The number of nitrogens with zero attached hydrogens (tertiary/aromatic N) is 3. The molecule has 0 spiro atoms. The summed E-state index contributed by atoms with van der Waals surface area (Å²) in [5, 5.41) is 9.29. The minimum absolute atomic E-state index is 0.280. The second-order valence-corrected chi connectivity index (χ2v) is 5.86. The number of hydrogen-bond donors (Lipinski definition) is 1. The number of aromatic nitrogens is 2. The highest BCUT2D eigenvalue weighted by Gasteiger charge is 2.20. The van der Waals surface area contributed by atoms with E-state index in [0.717, 1.165) is 31.0 Å². The van der Waals surface area contributed by atoms with Crippen LogP contribution in [0.4, 0.5) is 0 Å². The molecule has 2 aromatic rings. The maximum Gasteiger partial charge on any atom is 0.337 e. The van der Waals surface area contributed by atoms with Crippen molar-refractivity contribution in [1.82, 2.24) is 14.5 Å². The van der Waals surface area contributed by atoms with Gasteiger partial charge in [-0.05, 0) is 51.9 Å². The molecule has 1 atom stereocenters. The third-order valence-corrected chi connectivity index (χ3v) is 4.29. The van der Waals surface area contributed by atoms with E-state index in [9.17, 15) is 9.90 Å². The third-order valence-electron chi connectivity index (χ3n) is 4.29. The van der Waals surface area contributed by atoms with Gasteiger partial charge in [0.15, 0.2) is 0 Å². The molecule has 112 valence electrons. The molecule has 3 rings (SSSR count). The lowest BCUT2D eigenvalue weighted by Crippen LogP contribution is -2.27. The van der Waals surface area contributed by atoms with Crippen molar-refractivity contribution >= 4 is 17.0 Å². The lowest BCUT2D eigenvalue weighted by molar-refractivity contribution is 0.0699. The average Bonchev–Trinajstić information content (AvgIpc) is 3.03. The van der Waals surface area contributed by atoms with Gasteiger partial charge in [-0.1, -0.05) is 6.07 Å². The molecule has 1 N–H and O–H groups in total. The normalized spacial score (nSPS) is 17.4. The molecule has 2 heterocycles. The van der Waals surface area contributed by atoms with E-state index < -0.39 is 5.97 Å². The van der Waals surface area contributed by atoms with E-state index >= 15 is 0 Å². The lowest BCUT2D eigenvalue weighted by Gasteiger charge is -2.23. The number of benzene rings is 1. The van der Waals surface area contributed by atoms with Gasteiger partial charge in [0.1, 0.15) is 11.3 Å². The van der Waals surface area contributed by atoms with Gasteiger partial charge >= 0.3 is 5.97 Å². The molecule has 0 bridgehead atoms. The van der Waals surface area contributed by atoms with Crippen molar-refractivity contribution in [2.75, 3.05) is 19.6 Å². The molecule has 0 saturated carbocycles. The van der Waals surface area contributed by atoms with Crippen LogP contribution in [0.2, 0.25) is 0 Å². The first-order chi connectivity index (χ1) is 10.1. The second-order valence-electron chi connectivity index (χ2n) is 5.86. The fraction of sp³-hybridized carbons (Fsp3) is 0.500. The zero-order chi connectivity index (χ0) is 15.0. The summed E-state index contributed by atoms with van der Waals surface area (Å²) in [6, 6.07) is 5.66. The Morgan fingerprint density at radius 1 is 1.38 bits per heavy atom. The standard InChI is InChI=1S/C16H21N3O2/c1-11(10-18-8-3-4-9-18)19-12(2)17-15-13(16(20)21)6-5-7-14(15)19/h5-7,11H,3-4,8-10H2,1-2H3,(H,20,21). The highest BCUT2D eigenvalue weighted by atomic mass is 16.4. The molecule has 1 unspecified atom stereocenters. The van der Waals surface area contributed by atoms with Gasteiger partial charge in [0.05, 0.1) is 11.1 Å². The van der Waals surface area contributed by atoms with Gasteiger partial charge in [0.25, 0.3) is 0 Å². The predicted octanol–water partition coefficient (Wildman–Crippen LogP) is 2.70. The van der Waals surface area contributed by atoms with E-state index in [0.29, 0.717) is 5.52 Å². The number of carbonyl (C=O) groups is 1. The topological polar surface area (TPSA) is 58.4 Å². The van der Waals surface area contributed by atoms with E-state index in [4.69, 9.17) is 0 Å². The summed E-state index contributed by atoms with van der Waals surface area (Å²) in [6.45, 7) is 7.45. The Balaban J connectivity index is 1.99. The molecule has 5 nitrogen and oxygen atoms in total. The number of fused-ring (bicyclic) bond motifs is 1. The van der Waals surface area contributed by atoms with Crippen LogP contribution in [0.15, 0.2) is 18.2 Å². The number of aryl methyl sites for hydroxylation is 1. The largest absolute Gasteiger partial charge is 0.478 e. The fourth-order valence-electron chi connectivity index (χ4n) is 3.38. The molecule has 1 saturated heterocycles. The SMILES string of the molecule is Cc1nc2c(C(=O)O)cccc2n1C(C)CN1CCCC1. The summed E-state index contributed by atoms with van der Waals surface area (Å²) in [6.07, 6.45) is 2.55. The minimum atomic E-state index is -0.919. The Labute approximate surface area is 124 Å². The van der Waals surface area contributed by atoms with Crippen LogP contribution < -0.4 is 0 Å². The van der Waals surface area contributed by atoms with Gasteiger partial charge in [-0.2, -0.15) is 0 Å². The van der Waals surface area contributed by atoms with Gasteiger partial charge in [-0.25, -0.2) is 9.78 Å². The number of imidazole rings is 1. The van der Waals surface area contributed by atoms with E-state index in [2.05, 4.69) is 21.4 Å². The number of para-hydroxylation sites is 1. The molecule has 1 aliphatic rings. The summed E-state index contributed by atoms with van der Waals surface area (Å²) in [7, 11) is 0. The van der Waals surface area contributed by atoms with Crippen molar-refractivity contribution in [1.29, 1.82) is 0 Å². The maximum absolute atomic E-state index is 11.3. The summed E-state index contributed by atoms with van der Waals surface area (Å²) in [5.74, 6) is -0.0390. The van der Waals surface area contributed by atoms with E-state index in [1.54, 1.807) is 12.1 Å². The van der Waals surface area contributed by atoms with Crippen molar-refractivity contribution in [2.45, 2.75) is 32.7 Å². The molecule has 0 amide bonds. The highest BCUT2D eigenvalue weighted by molar-refractivity contribution is 6.01. The molecule has 0 aliphatic carbocycles. The fourth-order valence-corrected chi connectivity index (χ4v) is 3.38. The summed E-state index contributed by atoms with van der Waals surface area (Å²) < 4.78 is 2.17. The van der Waals surface area contributed by atoms with Gasteiger partial charge < -0.3 is 14.6 Å². The predicted molar refractivity (Wildman–Crippen MR) is 81.8 cm³/mol. The average molecular weight is 287 g/mol. The first-order valence-corrected chi connectivity index (χ1v) is 7.51. The van der Waals surface area contributed by atoms with Gasteiger partial charge in [-0.3, -0.25) is 0 Å². The van der Waals surface area contributed by atoms with Crippen LogP contribution in [0.5, 0.6) is 0 Å². The van der Waals surface area contributed by atoms with Crippen molar-refractivity contribution in [2.24, 2.45) is 0 Å². The Morgan fingerprint density at radius 3 is 2.76 bits per heavy atom. The zero-order valence-electron chi connectivity index (χ0n) is 12.5. The van der Waals surface area contributed by atoms with Crippen molar-refractivity contribution in [3.05, 3.63) is 29.6 Å². The molecule has 1 aliphatic heterocycles. The smallest absolute Gasteiger partial charge is 0.337 e. The van der Waals surface area contributed by atoms with Crippen LogP contribution in [0.25, 0.3) is 11.0 Å². The first-order valence-electron chi connectivity index (χ1n) is 7.51. The molecule has 1 aromatic heterocycles. The van der Waals surface area contributed by atoms with Gasteiger partial charge in [-0.15, -0.1) is 0 Å². The molecular formula is C16H21N3O2. The number of hydrogen-bond acceptors (Lipinski definition) is 3. The number of carboxylic acids is 1. The van der Waals surface area contributed by atoms with E-state index in [1.165, 1.54) is 12.8 Å². The van der Waals surface area contributed by atoms with Gasteiger partial charge in [0.2, 0.25) is 0 Å². The molecule has 1 fully saturated rings. The van der Waals surface area contributed by atoms with Gasteiger partial charge in [0, 0.05) is 12.6 Å². The monoisotopic (exact) mass is 287 g/mol. The highest BCUT2D eigenvalue weighted by Crippen LogP contribution is 2.25. The molecular weight excluding hydrogens is 266 g/mol. The number of aromatic carboxylic acids is 1. The Hall–Kier alpha value is -1.88.